The maximum Gasteiger partial charge on any atom is 0.161 e. The zero-order chi connectivity index (χ0) is 19.0. The summed E-state index contributed by atoms with van der Waals surface area (Å²) in [4.78, 5) is 8.02. The number of amidine groups is 1. The van der Waals surface area contributed by atoms with Gasteiger partial charge >= 0.3 is 0 Å². The summed E-state index contributed by atoms with van der Waals surface area (Å²) in [5.74, 6) is -1.02. The van der Waals surface area contributed by atoms with Gasteiger partial charge in [0.1, 0.15) is 10.8 Å². The van der Waals surface area contributed by atoms with Crippen LogP contribution in [0.1, 0.15) is 10.4 Å². The van der Waals surface area contributed by atoms with Crippen LogP contribution >= 0.6 is 11.3 Å². The largest absolute Gasteiger partial charge is 0.505 e. The number of hydrogen-bond donors (Lipinski definition) is 2. The molecule has 27 heavy (non-hydrogen) atoms. The minimum atomic E-state index is -0.902. The van der Waals surface area contributed by atoms with Gasteiger partial charge in [0.15, 0.2) is 11.6 Å². The minimum Gasteiger partial charge on any atom is -0.505 e. The third-order valence-corrected chi connectivity index (χ3v) is 5.53. The number of rotatable bonds is 2. The van der Waals surface area contributed by atoms with Crippen molar-refractivity contribution >= 4 is 33.5 Å². The lowest BCUT2D eigenvalue weighted by Crippen LogP contribution is -2.52. The van der Waals surface area contributed by atoms with Crippen molar-refractivity contribution in [3.05, 3.63) is 52.6 Å². The normalized spacial score (nSPS) is 19.2. The van der Waals surface area contributed by atoms with Gasteiger partial charge in [0, 0.05) is 42.7 Å². The molecule has 0 bridgehead atoms. The van der Waals surface area contributed by atoms with Gasteiger partial charge in [-0.15, -0.1) is 11.3 Å². The van der Waals surface area contributed by atoms with Crippen LogP contribution in [-0.2, 0) is 4.74 Å². The fourth-order valence-electron chi connectivity index (χ4n) is 3.31. The van der Waals surface area contributed by atoms with Crippen LogP contribution in [0, 0.1) is 18.6 Å². The molecule has 0 aliphatic carbocycles. The first-order valence-electron chi connectivity index (χ1n) is 8.68. The summed E-state index contributed by atoms with van der Waals surface area (Å²) < 4.78 is 32.6. The number of anilines is 2. The van der Waals surface area contributed by atoms with E-state index in [2.05, 4.69) is 21.6 Å². The summed E-state index contributed by atoms with van der Waals surface area (Å²) in [6.45, 7) is 4.27. The van der Waals surface area contributed by atoms with Gasteiger partial charge in [-0.1, -0.05) is 0 Å². The van der Waals surface area contributed by atoms with E-state index < -0.39 is 11.6 Å². The van der Waals surface area contributed by atoms with E-state index in [1.807, 2.05) is 13.0 Å². The molecule has 2 aromatic rings. The van der Waals surface area contributed by atoms with Crippen molar-refractivity contribution in [2.45, 2.75) is 13.0 Å². The molecule has 2 N–H and O–H groups in total. The zero-order valence-electron chi connectivity index (χ0n) is 15.1. The van der Waals surface area contributed by atoms with Crippen molar-refractivity contribution < 1.29 is 13.5 Å². The fraction of sp³-hybridized carbons (Fsp3) is 0.316. The van der Waals surface area contributed by atoms with Gasteiger partial charge in [-0.3, -0.25) is 0 Å². The van der Waals surface area contributed by atoms with E-state index in [1.165, 1.54) is 0 Å². The number of halogens is 2. The van der Waals surface area contributed by atoms with Crippen molar-refractivity contribution in [2.24, 2.45) is 4.99 Å². The molecule has 3 heterocycles. The Morgan fingerprint density at radius 2 is 2.11 bits per heavy atom. The average Bonchev–Trinajstić information content (AvgIpc) is 2.95. The molecule has 1 aromatic heterocycles. The Bertz CT molecular complexity index is 925. The van der Waals surface area contributed by atoms with E-state index in [-0.39, 0.29) is 6.04 Å². The Labute approximate surface area is 160 Å². The maximum absolute atomic E-state index is 13.8. The number of nitrogens with zero attached hydrogens (tertiary/aromatic N) is 2. The van der Waals surface area contributed by atoms with Gasteiger partial charge < -0.3 is 20.3 Å². The molecule has 0 saturated carbocycles. The van der Waals surface area contributed by atoms with Crippen LogP contribution in [0.3, 0.4) is 0 Å². The van der Waals surface area contributed by atoms with E-state index in [0.29, 0.717) is 17.9 Å². The number of piperazine rings is 1. The first-order valence-corrected chi connectivity index (χ1v) is 9.50. The van der Waals surface area contributed by atoms with Crippen LogP contribution in [0.25, 0.3) is 0 Å². The summed E-state index contributed by atoms with van der Waals surface area (Å²) in [7, 11) is 1.61. The smallest absolute Gasteiger partial charge is 0.161 e. The van der Waals surface area contributed by atoms with Gasteiger partial charge in [-0.2, -0.15) is 0 Å². The quantitative estimate of drug-likeness (QED) is 0.764. The number of thiophene rings is 1. The maximum atomic E-state index is 13.8. The van der Waals surface area contributed by atoms with E-state index in [1.54, 1.807) is 24.7 Å². The molecule has 1 aromatic carbocycles. The molecule has 2 aliphatic rings. The molecule has 0 spiro atoms. The van der Waals surface area contributed by atoms with Crippen LogP contribution in [0.15, 0.2) is 35.5 Å². The first-order chi connectivity index (χ1) is 13.0. The van der Waals surface area contributed by atoms with Crippen molar-refractivity contribution in [2.75, 3.05) is 32.1 Å². The van der Waals surface area contributed by atoms with Crippen molar-refractivity contribution in [3.63, 3.8) is 0 Å². The highest BCUT2D eigenvalue weighted by Crippen LogP contribution is 2.40. The molecule has 1 fully saturated rings. The number of aryl methyl sites for hydroxylation is 1. The number of hydrogen-bond acceptors (Lipinski definition) is 6. The average molecular weight is 390 g/mol. The molecule has 0 unspecified atom stereocenters. The Balaban J connectivity index is 1.77. The topological polar surface area (TPSA) is 48.9 Å². The second-order valence-electron chi connectivity index (χ2n) is 6.51. The third kappa shape index (κ3) is 3.54. The lowest BCUT2D eigenvalue weighted by molar-refractivity contribution is 0.305. The summed E-state index contributed by atoms with van der Waals surface area (Å²) >= 11 is 1.58. The first kappa shape index (κ1) is 17.9. The minimum absolute atomic E-state index is 0.116. The summed E-state index contributed by atoms with van der Waals surface area (Å²) in [5.41, 5.74) is 1.82. The van der Waals surface area contributed by atoms with Crippen LogP contribution < -0.4 is 10.6 Å². The number of ether oxygens (including phenoxy) is 1. The van der Waals surface area contributed by atoms with Crippen molar-refractivity contribution in [1.29, 1.82) is 0 Å². The lowest BCUT2D eigenvalue weighted by Gasteiger charge is -2.34. The van der Waals surface area contributed by atoms with Gasteiger partial charge in [0.2, 0.25) is 0 Å². The van der Waals surface area contributed by atoms with Gasteiger partial charge in [-0.25, -0.2) is 13.8 Å². The zero-order valence-corrected chi connectivity index (χ0v) is 15.9. The van der Waals surface area contributed by atoms with Crippen molar-refractivity contribution in [1.82, 2.24) is 10.2 Å². The summed E-state index contributed by atoms with van der Waals surface area (Å²) in [6.07, 6.45) is 3.62. The second kappa shape index (κ2) is 7.28. The highest BCUT2D eigenvalue weighted by Gasteiger charge is 2.27. The Hall–Kier alpha value is -2.45. The van der Waals surface area contributed by atoms with Crippen LogP contribution in [0.4, 0.5) is 25.2 Å². The Morgan fingerprint density at radius 1 is 1.30 bits per heavy atom. The van der Waals surface area contributed by atoms with E-state index in [4.69, 9.17) is 9.73 Å². The highest BCUT2D eigenvalue weighted by atomic mass is 32.1. The predicted molar refractivity (Wildman–Crippen MR) is 104 cm³/mol. The molecule has 0 amide bonds. The van der Waals surface area contributed by atoms with Gasteiger partial charge in [0.05, 0.1) is 30.3 Å². The van der Waals surface area contributed by atoms with Crippen LogP contribution in [0.2, 0.25) is 0 Å². The van der Waals surface area contributed by atoms with Gasteiger partial charge in [0.25, 0.3) is 0 Å². The molecule has 142 valence electrons. The molecule has 5 nitrogen and oxygen atoms in total. The second-order valence-corrected chi connectivity index (χ2v) is 7.77. The molecule has 2 aliphatic heterocycles. The van der Waals surface area contributed by atoms with E-state index >= 15 is 0 Å². The Morgan fingerprint density at radius 3 is 2.93 bits per heavy atom. The Kier molecular flexibility index (Phi) is 4.84. The number of fused-ring (bicyclic) bond motifs is 2. The molecule has 0 radical (unpaired) electrons. The molecule has 8 heteroatoms. The predicted octanol–water partition coefficient (Wildman–Crippen LogP) is 3.90. The summed E-state index contributed by atoms with van der Waals surface area (Å²) in [5, 5.41) is 7.53. The number of aliphatic imine (C=N–C) groups is 1. The monoisotopic (exact) mass is 390 g/mol. The van der Waals surface area contributed by atoms with Gasteiger partial charge in [-0.05, 0) is 19.1 Å². The molecule has 4 rings (SSSR count). The van der Waals surface area contributed by atoms with Crippen LogP contribution in [-0.4, -0.2) is 43.5 Å². The summed E-state index contributed by atoms with van der Waals surface area (Å²) in [6, 6.07) is 4.49. The molecular formula is C19H20F2N4OS. The van der Waals surface area contributed by atoms with Crippen molar-refractivity contribution in [3.8, 4) is 0 Å². The lowest BCUT2D eigenvalue weighted by atomic mass is 10.1. The van der Waals surface area contributed by atoms with E-state index in [9.17, 15) is 8.78 Å². The molecule has 1 atom stereocenters. The fourth-order valence-corrected chi connectivity index (χ4v) is 4.23. The number of benzene rings is 1. The third-order valence-electron chi connectivity index (χ3n) is 4.56. The number of nitrogens with one attached hydrogen (secondary N) is 2. The number of methoxy groups -OCH3 is 1. The van der Waals surface area contributed by atoms with Crippen LogP contribution in [0.5, 0.6) is 0 Å². The molecule has 1 saturated heterocycles. The molecular weight excluding hydrogens is 370 g/mol. The standard InChI is InChI=1S/C19H20F2N4OS/c1-11-7-13-18(25-5-4-22-12(10-25)3-6-26-2)23-16-8-14(20)15(21)9-17(16)24-19(13)27-11/h3,6-9,12,22,24H,4-5,10H2,1-2H3/b6-3+/t12-/m0/s1. The highest BCUT2D eigenvalue weighted by molar-refractivity contribution is 7.16. The SMILES string of the molecule is CO/C=C/[C@H]1CN(C2=Nc3cc(F)c(F)cc3Nc3sc(C)cc32)CCN1. The van der Waals surface area contributed by atoms with E-state index in [0.717, 1.165) is 46.5 Å².